The predicted molar refractivity (Wildman–Crippen MR) is 90.0 cm³/mol. The fourth-order valence-corrected chi connectivity index (χ4v) is 5.65. The summed E-state index contributed by atoms with van der Waals surface area (Å²) in [4.78, 5) is 0. The highest BCUT2D eigenvalue weighted by molar-refractivity contribution is 5.43. The van der Waals surface area contributed by atoms with E-state index in [0.29, 0.717) is 0 Å². The van der Waals surface area contributed by atoms with Crippen molar-refractivity contribution in [2.75, 3.05) is 0 Å². The lowest BCUT2D eigenvalue weighted by Gasteiger charge is -2.52. The number of benzene rings is 2. The predicted octanol–water partition coefficient (Wildman–Crippen LogP) is 5.30. The highest BCUT2D eigenvalue weighted by Gasteiger charge is 2.59. The second kappa shape index (κ2) is 4.84. The van der Waals surface area contributed by atoms with Crippen LogP contribution in [0.1, 0.15) is 36.8 Å². The summed E-state index contributed by atoms with van der Waals surface area (Å²) in [5.74, 6) is 6.96. The van der Waals surface area contributed by atoms with Gasteiger partial charge in [-0.15, -0.1) is 0 Å². The fraction of sp³-hybridized carbons (Fsp3) is 0.364. The summed E-state index contributed by atoms with van der Waals surface area (Å²) < 4.78 is 0. The number of rotatable bonds is 2. The zero-order valence-electron chi connectivity index (χ0n) is 12.9. The molecular formula is C22H22+2. The van der Waals surface area contributed by atoms with E-state index in [1.165, 1.54) is 36.8 Å². The molecule has 0 aromatic heterocycles. The lowest BCUT2D eigenvalue weighted by Crippen LogP contribution is -2.48. The Balaban J connectivity index is 1.45. The van der Waals surface area contributed by atoms with Gasteiger partial charge in [-0.3, -0.25) is 0 Å². The van der Waals surface area contributed by atoms with E-state index in [4.69, 9.17) is 0 Å². The smallest absolute Gasteiger partial charge is 0.0356 e. The highest BCUT2D eigenvalue weighted by atomic mass is 14.6. The van der Waals surface area contributed by atoms with Crippen molar-refractivity contribution in [2.24, 2.45) is 23.7 Å². The van der Waals surface area contributed by atoms with Crippen LogP contribution in [-0.4, -0.2) is 0 Å². The monoisotopic (exact) mass is 286 g/mol. The molecule has 0 aliphatic heterocycles. The third-order valence-electron chi connectivity index (χ3n) is 6.25. The van der Waals surface area contributed by atoms with Crippen molar-refractivity contribution in [3.05, 3.63) is 83.6 Å². The Morgan fingerprint density at radius 1 is 0.500 bits per heavy atom. The Bertz CT molecular complexity index is 557. The van der Waals surface area contributed by atoms with Gasteiger partial charge < -0.3 is 0 Å². The van der Waals surface area contributed by atoms with Gasteiger partial charge in [0.1, 0.15) is 11.1 Å². The topological polar surface area (TPSA) is 0 Å². The molecule has 0 atom stereocenters. The largest absolute Gasteiger partial charge is 0.133 e. The molecule has 108 valence electrons. The molecule has 2 aromatic carbocycles. The second-order valence-electron chi connectivity index (χ2n) is 7.37. The summed E-state index contributed by atoms with van der Waals surface area (Å²) in [5.41, 5.74) is 3.05. The molecule has 0 radical (unpaired) electrons. The van der Waals surface area contributed by atoms with Crippen LogP contribution in [0.5, 0.6) is 0 Å². The third kappa shape index (κ3) is 1.83. The van der Waals surface area contributed by atoms with Crippen molar-refractivity contribution in [2.45, 2.75) is 25.7 Å². The Kier molecular flexibility index (Phi) is 2.80. The maximum atomic E-state index is 2.33. The van der Waals surface area contributed by atoms with Gasteiger partial charge in [-0.1, -0.05) is 0 Å². The van der Waals surface area contributed by atoms with Crippen molar-refractivity contribution in [3.63, 3.8) is 0 Å². The van der Waals surface area contributed by atoms with Crippen LogP contribution >= 0.6 is 0 Å². The third-order valence-corrected chi connectivity index (χ3v) is 6.25. The maximum Gasteiger partial charge on any atom is 0.133 e. The summed E-state index contributed by atoms with van der Waals surface area (Å²) in [6.45, 7) is 0. The minimum Gasteiger partial charge on any atom is -0.0356 e. The molecule has 4 aliphatic carbocycles. The van der Waals surface area contributed by atoms with Gasteiger partial charge in [-0.25, -0.2) is 0 Å². The Hall–Kier alpha value is -1.82. The van der Waals surface area contributed by atoms with E-state index in [2.05, 4.69) is 60.7 Å². The maximum absolute atomic E-state index is 2.33. The van der Waals surface area contributed by atoms with Gasteiger partial charge >= 0.3 is 0 Å². The van der Waals surface area contributed by atoms with Gasteiger partial charge in [0, 0.05) is 59.8 Å². The van der Waals surface area contributed by atoms with Crippen molar-refractivity contribution in [1.29, 1.82) is 0 Å². The molecule has 0 heterocycles. The number of hydrogen-bond donors (Lipinski definition) is 0. The summed E-state index contributed by atoms with van der Waals surface area (Å²) >= 11 is 0. The molecule has 0 unspecified atom stereocenters. The molecule has 22 heavy (non-hydrogen) atoms. The first-order valence-corrected chi connectivity index (χ1v) is 8.74. The van der Waals surface area contributed by atoms with Gasteiger partial charge in [-0.05, 0) is 62.1 Å². The normalized spacial score (nSPS) is 32.5. The first-order chi connectivity index (χ1) is 10.9. The zero-order chi connectivity index (χ0) is 14.5. The van der Waals surface area contributed by atoms with Crippen LogP contribution in [0.25, 0.3) is 0 Å². The van der Waals surface area contributed by atoms with E-state index in [1.54, 1.807) is 11.8 Å². The van der Waals surface area contributed by atoms with Crippen molar-refractivity contribution >= 4 is 0 Å². The van der Waals surface area contributed by atoms with Crippen LogP contribution in [0, 0.1) is 35.5 Å². The van der Waals surface area contributed by atoms with E-state index in [0.717, 1.165) is 23.7 Å². The van der Waals surface area contributed by atoms with Gasteiger partial charge in [0.15, 0.2) is 0 Å². The van der Waals surface area contributed by atoms with E-state index in [9.17, 15) is 0 Å². The van der Waals surface area contributed by atoms with E-state index in [1.807, 2.05) is 0 Å². The Morgan fingerprint density at radius 3 is 1.14 bits per heavy atom. The van der Waals surface area contributed by atoms with Crippen LogP contribution in [0.15, 0.2) is 60.7 Å². The second-order valence-corrected chi connectivity index (χ2v) is 7.37. The van der Waals surface area contributed by atoms with Crippen molar-refractivity contribution in [1.82, 2.24) is 0 Å². The minimum atomic E-state index is 0.845. The molecule has 0 N–H and O–H groups in total. The molecular weight excluding hydrogens is 264 g/mol. The Morgan fingerprint density at radius 2 is 0.818 bits per heavy atom. The zero-order valence-corrected chi connectivity index (χ0v) is 12.9. The van der Waals surface area contributed by atoms with Crippen LogP contribution in [0.4, 0.5) is 0 Å². The highest BCUT2D eigenvalue weighted by Crippen LogP contribution is 2.63. The minimum absolute atomic E-state index is 0.845. The van der Waals surface area contributed by atoms with Crippen LogP contribution in [0.2, 0.25) is 0 Å². The van der Waals surface area contributed by atoms with E-state index < -0.39 is 0 Å². The average Bonchev–Trinajstić information content (AvgIpc) is 2.56. The molecule has 2 aromatic rings. The van der Waals surface area contributed by atoms with E-state index in [-0.39, 0.29) is 0 Å². The lowest BCUT2D eigenvalue weighted by atomic mass is 9.46. The van der Waals surface area contributed by atoms with E-state index >= 15 is 0 Å². The lowest BCUT2D eigenvalue weighted by molar-refractivity contribution is 0.0790. The summed E-state index contributed by atoms with van der Waals surface area (Å²) in [6.07, 6.45) is 5.56. The molecule has 6 rings (SSSR count). The standard InChI is InChI=1S/C22H22/c1-3-7-15(8-4-1)21-17-11-19-13-18(21)14-20(12-17)22(19)16-9-5-2-6-10-16/h1-10,17-20H,11-14H2/q+2. The SMILES string of the molecule is c1ccc([C+]2C3CC4CC2CC(C3)[C+]4c2ccccc2)cc1. The first-order valence-electron chi connectivity index (χ1n) is 8.74. The molecule has 4 aliphatic rings. The molecule has 4 saturated carbocycles. The summed E-state index contributed by atoms with van der Waals surface area (Å²) in [7, 11) is 0. The van der Waals surface area contributed by atoms with Gasteiger partial charge in [0.05, 0.1) is 0 Å². The van der Waals surface area contributed by atoms with Crippen LogP contribution < -0.4 is 0 Å². The van der Waals surface area contributed by atoms with Crippen LogP contribution in [-0.2, 0) is 0 Å². The average molecular weight is 286 g/mol. The summed E-state index contributed by atoms with van der Waals surface area (Å²) in [5, 5.41) is 0. The molecule has 4 bridgehead atoms. The quantitative estimate of drug-likeness (QED) is 0.657. The van der Waals surface area contributed by atoms with Crippen molar-refractivity contribution in [3.8, 4) is 0 Å². The summed E-state index contributed by atoms with van der Waals surface area (Å²) in [6, 6.07) is 22.4. The Labute approximate surface area is 133 Å². The molecule has 4 fully saturated rings. The molecule has 0 heteroatoms. The van der Waals surface area contributed by atoms with Gasteiger partial charge in [-0.2, -0.15) is 0 Å². The molecule has 0 nitrogen and oxygen atoms in total. The van der Waals surface area contributed by atoms with Gasteiger partial charge in [0.2, 0.25) is 0 Å². The van der Waals surface area contributed by atoms with Crippen molar-refractivity contribution < 1.29 is 0 Å². The van der Waals surface area contributed by atoms with Crippen LogP contribution in [0.3, 0.4) is 0 Å². The fourth-order valence-electron chi connectivity index (χ4n) is 5.65. The molecule has 0 saturated heterocycles. The first kappa shape index (κ1) is 12.7. The van der Waals surface area contributed by atoms with Gasteiger partial charge in [0.25, 0.3) is 0 Å². The number of hydrogen-bond acceptors (Lipinski definition) is 0. The molecule has 0 amide bonds. The molecule has 0 spiro atoms.